The number of nitrogens with one attached hydrogen (secondary N) is 2. The van der Waals surface area contributed by atoms with Gasteiger partial charge in [0.05, 0.1) is 11.7 Å². The third-order valence-electron chi connectivity index (χ3n) is 4.40. The molecule has 2 atom stereocenters. The summed E-state index contributed by atoms with van der Waals surface area (Å²) in [6.45, 7) is 4.67. The minimum absolute atomic E-state index is 0.632. The van der Waals surface area contributed by atoms with E-state index in [0.717, 1.165) is 17.4 Å². The lowest BCUT2D eigenvalue weighted by Crippen LogP contribution is -2.27. The van der Waals surface area contributed by atoms with Crippen LogP contribution in [-0.4, -0.2) is 16.2 Å². The molecule has 1 aromatic heterocycles. The predicted octanol–water partition coefficient (Wildman–Crippen LogP) is 4.58. The van der Waals surface area contributed by atoms with E-state index in [0.29, 0.717) is 6.04 Å². The summed E-state index contributed by atoms with van der Waals surface area (Å²) in [7, 11) is 0. The molecule has 108 valence electrons. The second-order valence-electron chi connectivity index (χ2n) is 6.68. The van der Waals surface area contributed by atoms with Gasteiger partial charge in [0.1, 0.15) is 0 Å². The van der Waals surface area contributed by atoms with Gasteiger partial charge in [-0.1, -0.05) is 26.7 Å². The van der Waals surface area contributed by atoms with E-state index in [1.54, 1.807) is 0 Å². The average Bonchev–Trinajstić information content (AvgIpc) is 2.85. The van der Waals surface area contributed by atoms with E-state index in [-0.39, 0.29) is 0 Å². The number of H-pyrrole nitrogens is 1. The predicted molar refractivity (Wildman–Crippen MR) is 84.9 cm³/mol. The number of hydrogen-bond acceptors (Lipinski definition) is 2. The second kappa shape index (κ2) is 5.86. The van der Waals surface area contributed by atoms with Crippen molar-refractivity contribution in [3.05, 3.63) is 24.4 Å². The van der Waals surface area contributed by atoms with Crippen molar-refractivity contribution in [2.75, 3.05) is 5.32 Å². The van der Waals surface area contributed by atoms with Crippen LogP contribution in [0, 0.1) is 11.8 Å². The van der Waals surface area contributed by atoms with Crippen LogP contribution in [-0.2, 0) is 0 Å². The maximum absolute atomic E-state index is 4.08. The van der Waals surface area contributed by atoms with Crippen molar-refractivity contribution in [1.29, 1.82) is 0 Å². The molecule has 1 fully saturated rings. The first-order chi connectivity index (χ1) is 9.70. The van der Waals surface area contributed by atoms with Crippen molar-refractivity contribution >= 4 is 16.6 Å². The molecule has 2 unspecified atom stereocenters. The Bertz CT molecular complexity index is 558. The first kappa shape index (κ1) is 13.5. The zero-order chi connectivity index (χ0) is 13.9. The summed E-state index contributed by atoms with van der Waals surface area (Å²) in [6.07, 6.45) is 8.64. The highest BCUT2D eigenvalue weighted by Crippen LogP contribution is 2.31. The molecule has 1 aliphatic carbocycles. The van der Waals surface area contributed by atoms with E-state index in [9.17, 15) is 0 Å². The summed E-state index contributed by atoms with van der Waals surface area (Å²) in [5, 5.41) is 12.0. The number of benzene rings is 1. The second-order valence-corrected chi connectivity index (χ2v) is 6.68. The van der Waals surface area contributed by atoms with Crippen LogP contribution in [0.1, 0.15) is 46.0 Å². The summed E-state index contributed by atoms with van der Waals surface area (Å²) in [4.78, 5) is 0. The number of anilines is 1. The van der Waals surface area contributed by atoms with E-state index < -0.39 is 0 Å². The van der Waals surface area contributed by atoms with Gasteiger partial charge in [-0.15, -0.1) is 0 Å². The monoisotopic (exact) mass is 271 g/mol. The van der Waals surface area contributed by atoms with Gasteiger partial charge in [0.25, 0.3) is 0 Å². The number of aromatic nitrogens is 2. The molecule has 1 aromatic carbocycles. The number of fused-ring (bicyclic) bond motifs is 1. The maximum atomic E-state index is 4.08. The van der Waals surface area contributed by atoms with Gasteiger partial charge >= 0.3 is 0 Å². The summed E-state index contributed by atoms with van der Waals surface area (Å²) in [6, 6.07) is 7.11. The highest BCUT2D eigenvalue weighted by Gasteiger charge is 2.22. The van der Waals surface area contributed by atoms with Crippen LogP contribution in [0.4, 0.5) is 5.69 Å². The molecule has 1 saturated carbocycles. The quantitative estimate of drug-likeness (QED) is 0.854. The Balaban J connectivity index is 1.64. The molecule has 3 nitrogen and oxygen atoms in total. The van der Waals surface area contributed by atoms with Crippen LogP contribution in [0.25, 0.3) is 10.9 Å². The van der Waals surface area contributed by atoms with Crippen LogP contribution in [0.5, 0.6) is 0 Å². The Labute approximate surface area is 121 Å². The molecule has 0 bridgehead atoms. The topological polar surface area (TPSA) is 40.7 Å². The highest BCUT2D eigenvalue weighted by atomic mass is 15.1. The Morgan fingerprint density at radius 2 is 2.25 bits per heavy atom. The smallest absolute Gasteiger partial charge is 0.0670 e. The maximum Gasteiger partial charge on any atom is 0.0670 e. The number of rotatable bonds is 4. The van der Waals surface area contributed by atoms with Crippen LogP contribution in [0.2, 0.25) is 0 Å². The van der Waals surface area contributed by atoms with Crippen molar-refractivity contribution < 1.29 is 0 Å². The van der Waals surface area contributed by atoms with Gasteiger partial charge in [0.2, 0.25) is 0 Å². The highest BCUT2D eigenvalue weighted by molar-refractivity contribution is 5.81. The fourth-order valence-corrected chi connectivity index (χ4v) is 3.57. The Kier molecular flexibility index (Phi) is 3.95. The minimum Gasteiger partial charge on any atom is -0.382 e. The lowest BCUT2D eigenvalue weighted by molar-refractivity contribution is 0.289. The molecule has 0 saturated heterocycles. The summed E-state index contributed by atoms with van der Waals surface area (Å²) in [5.41, 5.74) is 2.33. The van der Waals surface area contributed by atoms with Gasteiger partial charge in [0.15, 0.2) is 0 Å². The number of aromatic amines is 1. The molecule has 3 rings (SSSR count). The summed E-state index contributed by atoms with van der Waals surface area (Å²) >= 11 is 0. The molecule has 3 heteroatoms. The minimum atomic E-state index is 0.632. The van der Waals surface area contributed by atoms with Crippen molar-refractivity contribution in [3.63, 3.8) is 0 Å². The van der Waals surface area contributed by atoms with Gasteiger partial charge < -0.3 is 5.32 Å². The van der Waals surface area contributed by atoms with E-state index in [2.05, 4.69) is 47.6 Å². The zero-order valence-electron chi connectivity index (χ0n) is 12.5. The summed E-state index contributed by atoms with van der Waals surface area (Å²) < 4.78 is 0. The molecule has 2 aromatic rings. The van der Waals surface area contributed by atoms with Gasteiger partial charge in [-0.3, -0.25) is 5.10 Å². The van der Waals surface area contributed by atoms with Crippen LogP contribution >= 0.6 is 0 Å². The lowest BCUT2D eigenvalue weighted by Gasteiger charge is -2.31. The fraction of sp³-hybridized carbons (Fsp3) is 0.588. The van der Waals surface area contributed by atoms with Gasteiger partial charge in [-0.25, -0.2) is 0 Å². The van der Waals surface area contributed by atoms with Crippen LogP contribution in [0.15, 0.2) is 24.4 Å². The molecule has 0 amide bonds. The zero-order valence-corrected chi connectivity index (χ0v) is 12.5. The first-order valence-electron chi connectivity index (χ1n) is 7.90. The molecule has 0 radical (unpaired) electrons. The SMILES string of the molecule is CC(C)CC1CCCC(Nc2ccc3cn[nH]c3c2)C1. The molecule has 0 aliphatic heterocycles. The van der Waals surface area contributed by atoms with Crippen LogP contribution < -0.4 is 5.32 Å². The lowest BCUT2D eigenvalue weighted by atomic mass is 9.81. The molecule has 20 heavy (non-hydrogen) atoms. The largest absolute Gasteiger partial charge is 0.382 e. The Morgan fingerprint density at radius 1 is 1.35 bits per heavy atom. The van der Waals surface area contributed by atoms with Crippen LogP contribution in [0.3, 0.4) is 0 Å². The van der Waals surface area contributed by atoms with Gasteiger partial charge in [-0.05, 0) is 49.3 Å². The normalized spacial score (nSPS) is 23.4. The van der Waals surface area contributed by atoms with E-state index in [4.69, 9.17) is 0 Å². The Hall–Kier alpha value is -1.51. The molecular weight excluding hydrogens is 246 g/mol. The van der Waals surface area contributed by atoms with Crippen molar-refractivity contribution in [1.82, 2.24) is 10.2 Å². The Morgan fingerprint density at radius 3 is 3.10 bits per heavy atom. The van der Waals surface area contributed by atoms with Gasteiger partial charge in [-0.2, -0.15) is 5.10 Å². The summed E-state index contributed by atoms with van der Waals surface area (Å²) in [5.74, 6) is 1.72. The van der Waals surface area contributed by atoms with Crippen molar-refractivity contribution in [2.45, 2.75) is 52.0 Å². The molecule has 1 heterocycles. The van der Waals surface area contributed by atoms with E-state index >= 15 is 0 Å². The molecule has 1 aliphatic rings. The number of hydrogen-bond donors (Lipinski definition) is 2. The fourth-order valence-electron chi connectivity index (χ4n) is 3.57. The third kappa shape index (κ3) is 3.14. The first-order valence-corrected chi connectivity index (χ1v) is 7.90. The van der Waals surface area contributed by atoms with Crippen molar-refractivity contribution in [3.8, 4) is 0 Å². The molecular formula is C17H25N3. The van der Waals surface area contributed by atoms with E-state index in [1.807, 2.05) is 6.20 Å². The standard InChI is InChI=1S/C17H25N3/c1-12(2)8-13-4-3-5-15(9-13)19-16-7-6-14-11-18-20-17(14)10-16/h6-7,10-13,15,19H,3-5,8-9H2,1-2H3,(H,18,20). The average molecular weight is 271 g/mol. The van der Waals surface area contributed by atoms with Gasteiger partial charge in [0, 0.05) is 17.1 Å². The molecule has 0 spiro atoms. The van der Waals surface area contributed by atoms with E-state index in [1.165, 1.54) is 43.2 Å². The van der Waals surface area contributed by atoms with Crippen molar-refractivity contribution in [2.24, 2.45) is 11.8 Å². The third-order valence-corrected chi connectivity index (χ3v) is 4.40. The molecule has 2 N–H and O–H groups in total. The number of nitrogens with zero attached hydrogens (tertiary/aromatic N) is 1.